The Morgan fingerprint density at radius 1 is 0.190 bits per heavy atom. The second-order valence-corrected chi connectivity index (χ2v) is 29.9. The maximum absolute atomic E-state index is 2.47. The summed E-state index contributed by atoms with van der Waals surface area (Å²) in [5, 5.41) is 0. The molecule has 0 aliphatic heterocycles. The van der Waals surface area contributed by atoms with E-state index in [0.717, 1.165) is 34.1 Å². The van der Waals surface area contributed by atoms with E-state index in [1.165, 1.54) is 161 Å². The molecule has 0 radical (unpaired) electrons. The molecule has 2 heteroatoms. The van der Waals surface area contributed by atoms with Gasteiger partial charge in [0.2, 0.25) is 0 Å². The first-order valence-corrected chi connectivity index (χ1v) is 36.9. The van der Waals surface area contributed by atoms with E-state index in [4.69, 9.17) is 0 Å². The lowest BCUT2D eigenvalue weighted by Crippen LogP contribution is -2.15. The minimum atomic E-state index is -0.251. The molecule has 0 atom stereocenters. The number of hydrogen-bond acceptors (Lipinski definition) is 2. The lowest BCUT2D eigenvalue weighted by molar-refractivity contribution is 0.660. The zero-order valence-electron chi connectivity index (χ0n) is 59.2. The Bertz CT molecular complexity index is 6030. The van der Waals surface area contributed by atoms with Gasteiger partial charge >= 0.3 is 0 Å². The molecule has 4 aliphatic carbocycles. The van der Waals surface area contributed by atoms with Gasteiger partial charge in [0, 0.05) is 50.7 Å². The molecular weight excluding hydrogens is 1270 g/mol. The van der Waals surface area contributed by atoms with Crippen LogP contribution >= 0.6 is 0 Å². The number of fused-ring (bicyclic) bond motifs is 12. The first-order chi connectivity index (χ1) is 51.6. The van der Waals surface area contributed by atoms with Crippen LogP contribution in [-0.2, 0) is 10.8 Å². The molecule has 0 amide bonds. The Balaban J connectivity index is 0.593. The summed E-state index contributed by atoms with van der Waals surface area (Å²) in [4.78, 5) is 4.81. The highest BCUT2D eigenvalue weighted by atomic mass is 15.1. The average molecular weight is 1340 g/mol. The fourth-order valence-corrected chi connectivity index (χ4v) is 18.0. The third kappa shape index (κ3) is 10.1. The summed E-state index contributed by atoms with van der Waals surface area (Å²) in [6.07, 6.45) is 0. The number of rotatable bonds is 13. The maximum atomic E-state index is 2.47. The van der Waals surface area contributed by atoms with Crippen molar-refractivity contribution in [2.75, 3.05) is 9.80 Å². The summed E-state index contributed by atoms with van der Waals surface area (Å²) in [5.41, 5.74) is 43.5. The van der Waals surface area contributed by atoms with Gasteiger partial charge in [-0.3, -0.25) is 0 Å². The van der Waals surface area contributed by atoms with Crippen molar-refractivity contribution in [3.05, 3.63) is 409 Å². The molecule has 0 saturated carbocycles. The number of para-hydroxylation sites is 1. The lowest BCUT2D eigenvalue weighted by Gasteiger charge is -2.28. The molecule has 0 heterocycles. The number of anilines is 6. The molecule has 0 spiro atoms. The molecule has 496 valence electrons. The van der Waals surface area contributed by atoms with Crippen molar-refractivity contribution in [3.63, 3.8) is 0 Å². The van der Waals surface area contributed by atoms with Crippen molar-refractivity contribution in [1.82, 2.24) is 0 Å². The predicted molar refractivity (Wildman–Crippen MR) is 441 cm³/mol. The van der Waals surface area contributed by atoms with Crippen LogP contribution in [0.25, 0.3) is 122 Å². The second kappa shape index (κ2) is 24.4. The SMILES string of the molecule is CC1(C)c2ccccc2-c2ccc(-c3ccc(N(c4ccc(-c5ccc6c(c5)C(C)(C)c5cc(-c7ccccc7-c7ccc(N(c8ccc(-c9ccccc9)cc8)c8ccc(-c9cc%10c%11c(c9)-c9ccccc9C%11c9ccccc9-%10)cc8)cc7)ccc5-6)cc4)c4ccccc4-c4ccccc4)cc3)cc21. The Hall–Kier alpha value is -12.9. The Morgan fingerprint density at radius 2 is 0.495 bits per heavy atom. The zero-order valence-corrected chi connectivity index (χ0v) is 59.2. The second-order valence-electron chi connectivity index (χ2n) is 29.9. The normalized spacial score (nSPS) is 13.4. The van der Waals surface area contributed by atoms with E-state index < -0.39 is 0 Å². The minimum absolute atomic E-state index is 0.0700. The van der Waals surface area contributed by atoms with Crippen LogP contribution < -0.4 is 9.80 Å². The fraction of sp³-hybridized carbons (Fsp3) is 0.0680. The van der Waals surface area contributed by atoms with E-state index in [1.807, 2.05) is 0 Å². The summed E-state index contributed by atoms with van der Waals surface area (Å²) < 4.78 is 0. The molecule has 0 bridgehead atoms. The van der Waals surface area contributed by atoms with E-state index in [1.54, 1.807) is 0 Å². The summed E-state index contributed by atoms with van der Waals surface area (Å²) in [6, 6.07) is 138. The monoisotopic (exact) mass is 1340 g/mol. The van der Waals surface area contributed by atoms with Gasteiger partial charge in [0.15, 0.2) is 0 Å². The van der Waals surface area contributed by atoms with E-state index >= 15 is 0 Å². The molecule has 0 saturated heterocycles. The van der Waals surface area contributed by atoms with Crippen LogP contribution in [0.3, 0.4) is 0 Å². The van der Waals surface area contributed by atoms with Crippen molar-refractivity contribution in [1.29, 1.82) is 0 Å². The molecule has 0 aromatic heterocycles. The highest BCUT2D eigenvalue weighted by Gasteiger charge is 2.40. The number of nitrogens with zero attached hydrogens (tertiary/aromatic N) is 2. The topological polar surface area (TPSA) is 6.48 Å². The summed E-state index contributed by atoms with van der Waals surface area (Å²) >= 11 is 0. The van der Waals surface area contributed by atoms with Gasteiger partial charge in [-0.1, -0.05) is 301 Å². The summed E-state index contributed by atoms with van der Waals surface area (Å²) in [6.45, 7) is 9.52. The van der Waals surface area contributed by atoms with Crippen LogP contribution in [-0.4, -0.2) is 0 Å². The Kier molecular flexibility index (Phi) is 14.4. The van der Waals surface area contributed by atoms with Crippen molar-refractivity contribution in [2.24, 2.45) is 0 Å². The van der Waals surface area contributed by atoms with Crippen molar-refractivity contribution >= 4 is 34.1 Å². The van der Waals surface area contributed by atoms with Crippen LogP contribution in [0.2, 0.25) is 0 Å². The van der Waals surface area contributed by atoms with Gasteiger partial charge in [-0.05, 0) is 253 Å². The van der Waals surface area contributed by atoms with Gasteiger partial charge < -0.3 is 9.80 Å². The Morgan fingerprint density at radius 3 is 0.990 bits per heavy atom. The predicted octanol–water partition coefficient (Wildman–Crippen LogP) is 28.0. The van der Waals surface area contributed by atoms with Gasteiger partial charge in [-0.2, -0.15) is 0 Å². The molecule has 105 heavy (non-hydrogen) atoms. The third-order valence-electron chi connectivity index (χ3n) is 23.4. The van der Waals surface area contributed by atoms with Gasteiger partial charge in [0.1, 0.15) is 0 Å². The van der Waals surface area contributed by atoms with Crippen LogP contribution in [0.4, 0.5) is 34.1 Å². The number of benzene rings is 16. The summed E-state index contributed by atoms with van der Waals surface area (Å²) in [7, 11) is 0. The van der Waals surface area contributed by atoms with Crippen LogP contribution in [0.1, 0.15) is 72.6 Å². The van der Waals surface area contributed by atoms with E-state index in [9.17, 15) is 0 Å². The molecule has 16 aromatic carbocycles. The average Bonchev–Trinajstić information content (AvgIpc) is 1.54. The largest absolute Gasteiger partial charge is 0.311 e. The maximum Gasteiger partial charge on any atom is 0.0540 e. The van der Waals surface area contributed by atoms with Gasteiger partial charge in [-0.15, -0.1) is 0 Å². The molecule has 0 fully saturated rings. The fourth-order valence-electron chi connectivity index (χ4n) is 18.0. The minimum Gasteiger partial charge on any atom is -0.311 e. The van der Waals surface area contributed by atoms with Crippen molar-refractivity contribution < 1.29 is 0 Å². The van der Waals surface area contributed by atoms with Gasteiger partial charge in [0.25, 0.3) is 0 Å². The highest BCUT2D eigenvalue weighted by molar-refractivity contribution is 5.98. The molecule has 16 aromatic rings. The zero-order chi connectivity index (χ0) is 70.1. The molecule has 0 unspecified atom stereocenters. The molecule has 2 nitrogen and oxygen atoms in total. The molecule has 4 aliphatic rings. The first kappa shape index (κ1) is 61.9. The smallest absolute Gasteiger partial charge is 0.0540 e. The molecule has 0 N–H and O–H groups in total. The van der Waals surface area contributed by atoms with Crippen molar-refractivity contribution in [2.45, 2.75) is 44.4 Å². The quantitative estimate of drug-likeness (QED) is 0.114. The van der Waals surface area contributed by atoms with E-state index in [0.29, 0.717) is 5.92 Å². The summed E-state index contributed by atoms with van der Waals surface area (Å²) in [5.74, 6) is 0.294. The standard InChI is InChI=1S/C103H74N2/c1-102(2)95-33-19-17-30-87(95)88-58-45-73(63-96(88)102)68-37-52-80(53-38-68)105(99-34-20-18-27-84(99)71-23-9-6-10-24-71)81-54-39-69(40-55-81)74-46-59-89-90-60-47-75(65-98(90)103(3,4)97(89)64-74)83-26-12-11-25-82(83)72-43-56-79(57-44-72)104(77-48-35-67(36-49-77)66-21-7-5-8-22-66)78-50-41-70(42-51-78)76-61-93-85-28-13-15-31-91(85)100-92-32-16-14-29-86(92)94(62-76)101(93)100/h5-65,100H,1-4H3. The molecular formula is C103H74N2. The van der Waals surface area contributed by atoms with Crippen LogP contribution in [0, 0.1) is 0 Å². The van der Waals surface area contributed by atoms with Crippen LogP contribution in [0.15, 0.2) is 370 Å². The Labute approximate surface area is 615 Å². The van der Waals surface area contributed by atoms with Gasteiger partial charge in [-0.25, -0.2) is 0 Å². The first-order valence-electron chi connectivity index (χ1n) is 36.9. The lowest BCUT2D eigenvalue weighted by atomic mass is 9.80. The molecule has 20 rings (SSSR count). The van der Waals surface area contributed by atoms with Crippen molar-refractivity contribution in [3.8, 4) is 122 Å². The van der Waals surface area contributed by atoms with Crippen LogP contribution in [0.5, 0.6) is 0 Å². The van der Waals surface area contributed by atoms with E-state index in [2.05, 4.69) is 408 Å². The van der Waals surface area contributed by atoms with E-state index in [-0.39, 0.29) is 10.8 Å². The number of hydrogen-bond donors (Lipinski definition) is 0. The van der Waals surface area contributed by atoms with Gasteiger partial charge in [0.05, 0.1) is 5.69 Å². The third-order valence-corrected chi connectivity index (χ3v) is 23.4. The highest BCUT2D eigenvalue weighted by Crippen LogP contribution is 2.60.